The SMILES string of the molecule is CCCc1ccc(S(=O)(=O)Nc2cccc(-c3c(O)c4c(oc3=O)CCCCCC4C3CC3)c2)cc1. The Balaban J connectivity index is 1.49. The topological polar surface area (TPSA) is 96.6 Å². The van der Waals surface area contributed by atoms with E-state index in [1.54, 1.807) is 36.4 Å². The molecule has 1 aromatic heterocycles. The van der Waals surface area contributed by atoms with Crippen LogP contribution in [0.5, 0.6) is 5.75 Å². The third-order valence-electron chi connectivity index (χ3n) is 7.37. The summed E-state index contributed by atoms with van der Waals surface area (Å²) in [5.74, 6) is 1.32. The number of fused-ring (bicyclic) bond motifs is 1. The zero-order valence-electron chi connectivity index (χ0n) is 20.6. The number of rotatable bonds is 7. The van der Waals surface area contributed by atoms with Crippen molar-refractivity contribution in [2.75, 3.05) is 4.72 Å². The van der Waals surface area contributed by atoms with Crippen molar-refractivity contribution in [3.8, 4) is 16.9 Å². The van der Waals surface area contributed by atoms with Crippen molar-refractivity contribution in [2.24, 2.45) is 5.92 Å². The minimum Gasteiger partial charge on any atom is -0.507 e. The molecule has 1 atom stereocenters. The Morgan fingerprint density at radius 1 is 1.03 bits per heavy atom. The van der Waals surface area contributed by atoms with Gasteiger partial charge in [-0.2, -0.15) is 0 Å². The van der Waals surface area contributed by atoms with Crippen LogP contribution in [0.2, 0.25) is 0 Å². The average molecular weight is 508 g/mol. The lowest BCUT2D eigenvalue weighted by atomic mass is 9.83. The van der Waals surface area contributed by atoms with Crippen LogP contribution >= 0.6 is 0 Å². The summed E-state index contributed by atoms with van der Waals surface area (Å²) in [6.45, 7) is 2.08. The molecule has 2 aromatic carbocycles. The molecule has 0 bridgehead atoms. The summed E-state index contributed by atoms with van der Waals surface area (Å²) < 4.78 is 34.4. The van der Waals surface area contributed by atoms with Gasteiger partial charge >= 0.3 is 5.63 Å². The van der Waals surface area contributed by atoms with Crippen molar-refractivity contribution in [3.63, 3.8) is 0 Å². The Hall–Kier alpha value is -3.06. The second kappa shape index (κ2) is 10.1. The van der Waals surface area contributed by atoms with E-state index in [4.69, 9.17) is 4.42 Å². The van der Waals surface area contributed by atoms with E-state index in [0.29, 0.717) is 29.3 Å². The maximum Gasteiger partial charge on any atom is 0.347 e. The average Bonchev–Trinajstić information content (AvgIpc) is 3.66. The van der Waals surface area contributed by atoms with E-state index < -0.39 is 15.6 Å². The molecule has 190 valence electrons. The van der Waals surface area contributed by atoms with Gasteiger partial charge in [-0.15, -0.1) is 0 Å². The molecule has 2 aliphatic rings. The molecule has 0 saturated heterocycles. The van der Waals surface area contributed by atoms with Gasteiger partial charge in [-0.3, -0.25) is 4.72 Å². The molecule has 0 radical (unpaired) electrons. The van der Waals surface area contributed by atoms with Gasteiger partial charge in [-0.1, -0.05) is 50.5 Å². The second-order valence-electron chi connectivity index (χ2n) is 10.1. The van der Waals surface area contributed by atoms with E-state index in [0.717, 1.165) is 62.5 Å². The van der Waals surface area contributed by atoms with Crippen molar-refractivity contribution >= 4 is 15.7 Å². The fraction of sp³-hybridized carbons (Fsp3) is 0.414. The van der Waals surface area contributed by atoms with Crippen molar-refractivity contribution in [1.82, 2.24) is 0 Å². The van der Waals surface area contributed by atoms with Crippen LogP contribution in [0.15, 0.2) is 62.6 Å². The van der Waals surface area contributed by atoms with Gasteiger partial charge < -0.3 is 9.52 Å². The van der Waals surface area contributed by atoms with Gasteiger partial charge in [0.05, 0.1) is 4.90 Å². The molecule has 3 aromatic rings. The first-order valence-electron chi connectivity index (χ1n) is 13.0. The van der Waals surface area contributed by atoms with Gasteiger partial charge in [-0.05, 0) is 79.3 Å². The number of nitrogens with one attached hydrogen (secondary N) is 1. The molecule has 1 unspecified atom stereocenters. The van der Waals surface area contributed by atoms with Crippen LogP contribution < -0.4 is 10.3 Å². The van der Waals surface area contributed by atoms with E-state index in [1.807, 2.05) is 12.1 Å². The Morgan fingerprint density at radius 2 is 1.81 bits per heavy atom. The molecule has 2 N–H and O–H groups in total. The molecule has 1 fully saturated rings. The molecule has 0 spiro atoms. The molecule has 0 aliphatic heterocycles. The smallest absolute Gasteiger partial charge is 0.347 e. The fourth-order valence-corrected chi connectivity index (χ4v) is 6.47. The van der Waals surface area contributed by atoms with E-state index in [1.165, 1.54) is 0 Å². The lowest BCUT2D eigenvalue weighted by molar-refractivity contribution is 0.374. The highest BCUT2D eigenvalue weighted by molar-refractivity contribution is 7.92. The molecule has 7 heteroatoms. The van der Waals surface area contributed by atoms with E-state index in [9.17, 15) is 18.3 Å². The first kappa shape index (κ1) is 24.6. The van der Waals surface area contributed by atoms with Crippen LogP contribution in [0.25, 0.3) is 11.1 Å². The molecule has 1 saturated carbocycles. The molecular weight excluding hydrogens is 474 g/mol. The van der Waals surface area contributed by atoms with Crippen LogP contribution in [0.1, 0.15) is 74.7 Å². The van der Waals surface area contributed by atoms with Crippen molar-refractivity contribution < 1.29 is 17.9 Å². The quantitative estimate of drug-likeness (QED) is 0.387. The van der Waals surface area contributed by atoms with Crippen LogP contribution in [0.4, 0.5) is 5.69 Å². The predicted molar refractivity (Wildman–Crippen MR) is 141 cm³/mol. The second-order valence-corrected chi connectivity index (χ2v) is 11.8. The number of hydrogen-bond acceptors (Lipinski definition) is 5. The van der Waals surface area contributed by atoms with Gasteiger partial charge in [-0.25, -0.2) is 13.2 Å². The van der Waals surface area contributed by atoms with Gasteiger partial charge in [0, 0.05) is 17.7 Å². The highest BCUT2D eigenvalue weighted by atomic mass is 32.2. The lowest BCUT2D eigenvalue weighted by Crippen LogP contribution is -2.15. The maximum absolute atomic E-state index is 13.0. The largest absolute Gasteiger partial charge is 0.507 e. The molecule has 36 heavy (non-hydrogen) atoms. The number of aromatic hydroxyl groups is 1. The minimum atomic E-state index is -3.81. The Bertz CT molecular complexity index is 1400. The number of aryl methyl sites for hydroxylation is 2. The number of benzene rings is 2. The van der Waals surface area contributed by atoms with Crippen molar-refractivity contribution in [1.29, 1.82) is 0 Å². The molecule has 2 aliphatic carbocycles. The molecule has 6 nitrogen and oxygen atoms in total. The van der Waals surface area contributed by atoms with E-state index in [2.05, 4.69) is 11.6 Å². The van der Waals surface area contributed by atoms with Crippen LogP contribution in [-0.2, 0) is 22.9 Å². The number of sulfonamides is 1. The number of anilines is 1. The molecular formula is C29H33NO5S. The van der Waals surface area contributed by atoms with Crippen LogP contribution in [-0.4, -0.2) is 13.5 Å². The summed E-state index contributed by atoms with van der Waals surface area (Å²) in [7, 11) is -3.81. The summed E-state index contributed by atoms with van der Waals surface area (Å²) in [4.78, 5) is 13.2. The zero-order valence-corrected chi connectivity index (χ0v) is 21.4. The Labute approximate surface area is 212 Å². The number of hydrogen-bond donors (Lipinski definition) is 2. The van der Waals surface area contributed by atoms with Gasteiger partial charge in [0.25, 0.3) is 10.0 Å². The molecule has 1 heterocycles. The van der Waals surface area contributed by atoms with Gasteiger partial charge in [0.2, 0.25) is 0 Å². The summed E-state index contributed by atoms with van der Waals surface area (Å²) in [6.07, 6.45) is 8.91. The highest BCUT2D eigenvalue weighted by Crippen LogP contribution is 2.50. The zero-order chi connectivity index (χ0) is 25.3. The summed E-state index contributed by atoms with van der Waals surface area (Å²) in [5.41, 5.74) is 2.13. The highest BCUT2D eigenvalue weighted by Gasteiger charge is 2.37. The Morgan fingerprint density at radius 3 is 2.53 bits per heavy atom. The fourth-order valence-electron chi connectivity index (χ4n) is 5.42. The normalized spacial score (nSPS) is 18.2. The van der Waals surface area contributed by atoms with Crippen LogP contribution in [0, 0.1) is 5.92 Å². The lowest BCUT2D eigenvalue weighted by Gasteiger charge is -2.24. The van der Waals surface area contributed by atoms with Crippen molar-refractivity contribution in [3.05, 3.63) is 75.8 Å². The van der Waals surface area contributed by atoms with E-state index >= 15 is 0 Å². The van der Waals surface area contributed by atoms with Crippen molar-refractivity contribution in [2.45, 2.75) is 75.5 Å². The third kappa shape index (κ3) is 5.07. The monoisotopic (exact) mass is 507 g/mol. The third-order valence-corrected chi connectivity index (χ3v) is 8.77. The standard InChI is InChI=1S/C29H33NO5S/c1-2-7-19-12-16-23(17-13-19)36(33,34)30-22-9-6-8-21(18-22)26-28(31)27-24(20-14-15-20)10-4-3-5-11-25(27)35-29(26)32/h6,8-9,12-13,16-18,20,24,30-31H,2-5,7,10-11,14-15H2,1H3. The first-order valence-corrected chi connectivity index (χ1v) is 14.5. The minimum absolute atomic E-state index is 0.00781. The Kier molecular flexibility index (Phi) is 6.93. The van der Waals surface area contributed by atoms with Gasteiger partial charge in [0.15, 0.2) is 0 Å². The van der Waals surface area contributed by atoms with Gasteiger partial charge in [0.1, 0.15) is 17.1 Å². The molecule has 0 amide bonds. The summed E-state index contributed by atoms with van der Waals surface area (Å²) in [5, 5.41) is 11.4. The summed E-state index contributed by atoms with van der Waals surface area (Å²) >= 11 is 0. The molecule has 5 rings (SSSR count). The van der Waals surface area contributed by atoms with E-state index in [-0.39, 0.29) is 22.1 Å². The predicted octanol–water partition coefficient (Wildman–Crippen LogP) is 6.38. The van der Waals surface area contributed by atoms with Crippen LogP contribution in [0.3, 0.4) is 0 Å². The summed E-state index contributed by atoms with van der Waals surface area (Å²) in [6, 6.07) is 13.4. The first-order chi connectivity index (χ1) is 17.4. The maximum atomic E-state index is 13.0.